The summed E-state index contributed by atoms with van der Waals surface area (Å²) in [6.07, 6.45) is -0.777. The van der Waals surface area contributed by atoms with Crippen molar-refractivity contribution in [2.75, 3.05) is 29.4 Å². The quantitative estimate of drug-likeness (QED) is 0.902. The molecule has 1 atom stereocenters. The van der Waals surface area contributed by atoms with Crippen LogP contribution in [0.3, 0.4) is 0 Å². The Kier molecular flexibility index (Phi) is 3.29. The van der Waals surface area contributed by atoms with Crippen molar-refractivity contribution < 1.29 is 18.7 Å². The van der Waals surface area contributed by atoms with E-state index in [4.69, 9.17) is 10.5 Å². The van der Waals surface area contributed by atoms with Gasteiger partial charge in [0.15, 0.2) is 0 Å². The van der Waals surface area contributed by atoms with Crippen LogP contribution in [-0.2, 0) is 16.0 Å². The Morgan fingerprint density at radius 3 is 2.81 bits per heavy atom. The van der Waals surface area contributed by atoms with E-state index in [-0.39, 0.29) is 25.0 Å². The first-order valence-electron chi connectivity index (χ1n) is 6.86. The van der Waals surface area contributed by atoms with Gasteiger partial charge in [0.1, 0.15) is 11.9 Å². The van der Waals surface area contributed by atoms with Crippen molar-refractivity contribution in [2.45, 2.75) is 19.4 Å². The fourth-order valence-electron chi connectivity index (χ4n) is 2.81. The lowest BCUT2D eigenvalue weighted by Gasteiger charge is -2.18. The van der Waals surface area contributed by atoms with Crippen molar-refractivity contribution in [3.8, 4) is 0 Å². The standard InChI is InChI=1S/C14H16FN3O3/c1-2-17-12(19)4-8-3-9(5-11(15)13(8)17)18-7-10(6-16)21-14(18)20/h3,5,10H,2,4,6-7,16H2,1H3. The zero-order valence-electron chi connectivity index (χ0n) is 11.6. The molecular formula is C14H16FN3O3. The first-order chi connectivity index (χ1) is 10.0. The molecule has 2 heterocycles. The monoisotopic (exact) mass is 293 g/mol. The van der Waals surface area contributed by atoms with Crippen LogP contribution in [0, 0.1) is 5.82 Å². The smallest absolute Gasteiger partial charge is 0.414 e. The molecule has 2 aliphatic rings. The molecule has 0 aromatic heterocycles. The Balaban J connectivity index is 1.97. The van der Waals surface area contributed by atoms with Crippen molar-refractivity contribution in [3.63, 3.8) is 0 Å². The maximum atomic E-state index is 14.3. The first kappa shape index (κ1) is 13.8. The molecule has 1 aromatic carbocycles. The van der Waals surface area contributed by atoms with E-state index in [1.165, 1.54) is 15.9 Å². The minimum absolute atomic E-state index is 0.132. The van der Waals surface area contributed by atoms with Crippen molar-refractivity contribution in [1.82, 2.24) is 0 Å². The van der Waals surface area contributed by atoms with E-state index in [0.29, 0.717) is 30.0 Å². The molecule has 112 valence electrons. The van der Waals surface area contributed by atoms with Gasteiger partial charge in [-0.25, -0.2) is 9.18 Å². The fraction of sp³-hybridized carbons (Fsp3) is 0.429. The number of anilines is 2. The van der Waals surface area contributed by atoms with Gasteiger partial charge in [-0.2, -0.15) is 0 Å². The molecule has 1 saturated heterocycles. The number of likely N-dealkylation sites (N-methyl/N-ethyl adjacent to an activating group) is 1. The summed E-state index contributed by atoms with van der Waals surface area (Å²) in [5.41, 5.74) is 6.79. The first-order valence-corrected chi connectivity index (χ1v) is 6.86. The van der Waals surface area contributed by atoms with Crippen LogP contribution in [0.5, 0.6) is 0 Å². The van der Waals surface area contributed by atoms with E-state index in [9.17, 15) is 14.0 Å². The lowest BCUT2D eigenvalue weighted by molar-refractivity contribution is -0.117. The molecule has 1 unspecified atom stereocenters. The summed E-state index contributed by atoms with van der Waals surface area (Å²) in [6, 6.07) is 2.94. The minimum atomic E-state index is -0.540. The second-order valence-electron chi connectivity index (χ2n) is 5.10. The molecule has 0 saturated carbocycles. The Bertz CT molecular complexity index is 620. The number of hydrogen-bond acceptors (Lipinski definition) is 4. The zero-order valence-corrected chi connectivity index (χ0v) is 11.6. The fourth-order valence-corrected chi connectivity index (χ4v) is 2.81. The average Bonchev–Trinajstić information content (AvgIpc) is 2.98. The van der Waals surface area contributed by atoms with Crippen molar-refractivity contribution >= 4 is 23.4 Å². The molecule has 2 N–H and O–H groups in total. The number of rotatable bonds is 3. The molecule has 7 heteroatoms. The molecule has 0 bridgehead atoms. The summed E-state index contributed by atoms with van der Waals surface area (Å²) in [4.78, 5) is 26.4. The summed E-state index contributed by atoms with van der Waals surface area (Å²) >= 11 is 0. The van der Waals surface area contributed by atoms with Crippen LogP contribution in [0.2, 0.25) is 0 Å². The molecule has 1 aromatic rings. The van der Waals surface area contributed by atoms with Gasteiger partial charge in [0.05, 0.1) is 24.3 Å². The van der Waals surface area contributed by atoms with Crippen LogP contribution in [0.1, 0.15) is 12.5 Å². The van der Waals surface area contributed by atoms with Crippen LogP contribution < -0.4 is 15.5 Å². The van der Waals surface area contributed by atoms with Crippen LogP contribution >= 0.6 is 0 Å². The number of amides is 2. The maximum Gasteiger partial charge on any atom is 0.414 e. The summed E-state index contributed by atoms with van der Waals surface area (Å²) in [5.74, 6) is -0.633. The number of carbonyl (C=O) groups is 2. The van der Waals surface area contributed by atoms with E-state index >= 15 is 0 Å². The number of benzene rings is 1. The van der Waals surface area contributed by atoms with Gasteiger partial charge in [-0.05, 0) is 24.6 Å². The van der Waals surface area contributed by atoms with Gasteiger partial charge < -0.3 is 15.4 Å². The largest absolute Gasteiger partial charge is 0.443 e. The summed E-state index contributed by atoms with van der Waals surface area (Å²) in [5, 5.41) is 0. The van der Waals surface area contributed by atoms with Gasteiger partial charge in [0, 0.05) is 13.1 Å². The Hall–Kier alpha value is -2.15. The maximum absolute atomic E-state index is 14.3. The van der Waals surface area contributed by atoms with Gasteiger partial charge in [-0.3, -0.25) is 9.69 Å². The molecular weight excluding hydrogens is 277 g/mol. The van der Waals surface area contributed by atoms with E-state index in [2.05, 4.69) is 0 Å². The van der Waals surface area contributed by atoms with E-state index in [1.807, 2.05) is 0 Å². The van der Waals surface area contributed by atoms with Crippen LogP contribution in [0.4, 0.5) is 20.6 Å². The van der Waals surface area contributed by atoms with E-state index < -0.39 is 11.9 Å². The van der Waals surface area contributed by atoms with E-state index in [1.54, 1.807) is 13.0 Å². The predicted octanol–water partition coefficient (Wildman–Crippen LogP) is 1.02. The molecule has 3 rings (SSSR count). The molecule has 0 aliphatic carbocycles. The molecule has 21 heavy (non-hydrogen) atoms. The summed E-state index contributed by atoms with van der Waals surface area (Å²) in [7, 11) is 0. The van der Waals surface area contributed by atoms with Crippen molar-refractivity contribution in [1.29, 1.82) is 0 Å². The van der Waals surface area contributed by atoms with Crippen LogP contribution in [0.25, 0.3) is 0 Å². The van der Waals surface area contributed by atoms with E-state index in [0.717, 1.165) is 0 Å². The second-order valence-corrected chi connectivity index (χ2v) is 5.10. The summed E-state index contributed by atoms with van der Waals surface area (Å²) in [6.45, 7) is 2.73. The number of ether oxygens (including phenoxy) is 1. The third-order valence-corrected chi connectivity index (χ3v) is 3.80. The number of carbonyl (C=O) groups excluding carboxylic acids is 2. The van der Waals surface area contributed by atoms with Gasteiger partial charge in [0.2, 0.25) is 5.91 Å². The Labute approximate surface area is 121 Å². The Morgan fingerprint density at radius 2 is 2.19 bits per heavy atom. The molecule has 1 fully saturated rings. The van der Waals surface area contributed by atoms with Gasteiger partial charge in [-0.1, -0.05) is 0 Å². The van der Waals surface area contributed by atoms with Gasteiger partial charge >= 0.3 is 6.09 Å². The zero-order chi connectivity index (χ0) is 15.1. The normalized spacial score (nSPS) is 21.0. The lowest BCUT2D eigenvalue weighted by Crippen LogP contribution is -2.28. The number of hydrogen-bond donors (Lipinski definition) is 1. The molecule has 2 amide bonds. The molecule has 2 aliphatic heterocycles. The van der Waals surface area contributed by atoms with Crippen molar-refractivity contribution in [3.05, 3.63) is 23.5 Å². The molecule has 6 nitrogen and oxygen atoms in total. The highest BCUT2D eigenvalue weighted by Crippen LogP contribution is 2.36. The van der Waals surface area contributed by atoms with Crippen LogP contribution in [0.15, 0.2) is 12.1 Å². The summed E-state index contributed by atoms with van der Waals surface area (Å²) < 4.78 is 19.4. The molecule has 0 spiro atoms. The molecule has 0 radical (unpaired) electrons. The average molecular weight is 293 g/mol. The number of nitrogens with zero attached hydrogens (tertiary/aromatic N) is 2. The second kappa shape index (κ2) is 5.00. The number of halogens is 1. The lowest BCUT2D eigenvalue weighted by atomic mass is 10.1. The highest BCUT2D eigenvalue weighted by molar-refractivity contribution is 6.02. The predicted molar refractivity (Wildman–Crippen MR) is 74.8 cm³/mol. The number of nitrogens with two attached hydrogens (primary N) is 1. The topological polar surface area (TPSA) is 75.9 Å². The third kappa shape index (κ3) is 2.13. The van der Waals surface area contributed by atoms with Crippen LogP contribution in [-0.4, -0.2) is 37.7 Å². The highest BCUT2D eigenvalue weighted by Gasteiger charge is 2.35. The van der Waals surface area contributed by atoms with Gasteiger partial charge in [0.25, 0.3) is 0 Å². The minimum Gasteiger partial charge on any atom is -0.443 e. The highest BCUT2D eigenvalue weighted by atomic mass is 19.1. The van der Waals surface area contributed by atoms with Gasteiger partial charge in [-0.15, -0.1) is 0 Å². The Morgan fingerprint density at radius 1 is 1.43 bits per heavy atom. The number of fused-ring (bicyclic) bond motifs is 1. The number of cyclic esters (lactones) is 1. The SMILES string of the molecule is CCN1C(=O)Cc2cc(N3CC(CN)OC3=O)cc(F)c21. The third-order valence-electron chi connectivity index (χ3n) is 3.80. The van der Waals surface area contributed by atoms with Crippen molar-refractivity contribution in [2.24, 2.45) is 5.73 Å².